The first-order valence-electron chi connectivity index (χ1n) is 8.00. The van der Waals surface area contributed by atoms with Crippen LogP contribution >= 0.6 is 0 Å². The van der Waals surface area contributed by atoms with Crippen molar-refractivity contribution in [3.63, 3.8) is 0 Å². The second kappa shape index (κ2) is 7.24. The molecule has 0 aromatic carbocycles. The molecule has 0 radical (unpaired) electrons. The normalized spacial score (nSPS) is 18.4. The molecule has 0 aliphatic carbocycles. The third kappa shape index (κ3) is 5.17. The van der Waals surface area contributed by atoms with E-state index >= 15 is 0 Å². The average molecular weight is 385 g/mol. The molecule has 6 nitrogen and oxygen atoms in total. The summed E-state index contributed by atoms with van der Waals surface area (Å²) in [5.41, 5.74) is -1.13. The van der Waals surface area contributed by atoms with Gasteiger partial charge in [0, 0.05) is 0 Å². The van der Waals surface area contributed by atoms with Crippen LogP contribution in [0.4, 0.5) is 13.2 Å². The van der Waals surface area contributed by atoms with Crippen molar-refractivity contribution in [3.8, 4) is 0 Å². The van der Waals surface area contributed by atoms with Gasteiger partial charge in [-0.2, -0.15) is 13.2 Å². The molecule has 0 N–H and O–H groups in total. The van der Waals surface area contributed by atoms with Crippen molar-refractivity contribution < 1.29 is 36.8 Å². The highest BCUT2D eigenvalue weighted by atomic mass is 28.4. The molecule has 1 heterocycles. The summed E-state index contributed by atoms with van der Waals surface area (Å²) in [6, 6.07) is 0. The average Bonchev–Trinajstić information content (AvgIpc) is 2.38. The van der Waals surface area contributed by atoms with Gasteiger partial charge in [-0.05, 0) is 25.1 Å². The molecule has 0 saturated carbocycles. The Morgan fingerprint density at radius 3 is 2.08 bits per heavy atom. The van der Waals surface area contributed by atoms with E-state index in [9.17, 15) is 22.8 Å². The smallest absolute Gasteiger partial charge is 0.465 e. The third-order valence-corrected chi connectivity index (χ3v) is 9.10. The predicted octanol–water partition coefficient (Wildman–Crippen LogP) is 2.89. The number of hydrogen-bond acceptors (Lipinski definition) is 6. The van der Waals surface area contributed by atoms with Crippen LogP contribution in [-0.4, -0.2) is 57.8 Å². The molecule has 0 amide bonds. The monoisotopic (exact) mass is 385 g/mol. The number of hydrogen-bond donors (Lipinski definition) is 0. The second-order valence-electron chi connectivity index (χ2n) is 7.72. The quantitative estimate of drug-likeness (QED) is 0.517. The molecular formula is C15H26F3NO5Si. The Labute approximate surface area is 146 Å². The lowest BCUT2D eigenvalue weighted by Gasteiger charge is -2.48. The number of carbonyl (C=O) groups excluding carboxylic acids is 2. The van der Waals surface area contributed by atoms with Gasteiger partial charge >= 0.3 is 18.1 Å². The molecule has 1 saturated heterocycles. The van der Waals surface area contributed by atoms with Crippen LogP contribution in [0.5, 0.6) is 0 Å². The summed E-state index contributed by atoms with van der Waals surface area (Å²) in [6.07, 6.45) is -5.08. The summed E-state index contributed by atoms with van der Waals surface area (Å²) in [4.78, 5) is 27.4. The standard InChI is InChI=1S/C15H26F3NO5Si/c1-7-22-11(20)14(10-23-25(5,6)13(2,3)4)8-19(9-14)24-12(21)15(16,17)18/h7-10H2,1-6H3. The minimum Gasteiger partial charge on any atom is -0.465 e. The first-order chi connectivity index (χ1) is 11.1. The van der Waals surface area contributed by atoms with Crippen LogP contribution in [0.1, 0.15) is 27.7 Å². The van der Waals surface area contributed by atoms with Crippen LogP contribution in [0.15, 0.2) is 0 Å². The van der Waals surface area contributed by atoms with Crippen molar-refractivity contribution in [2.24, 2.45) is 5.41 Å². The maximum atomic E-state index is 12.3. The van der Waals surface area contributed by atoms with Gasteiger partial charge in [0.25, 0.3) is 0 Å². The zero-order valence-electron chi connectivity index (χ0n) is 15.5. The molecule has 1 aliphatic rings. The van der Waals surface area contributed by atoms with Crippen molar-refractivity contribution >= 4 is 20.3 Å². The third-order valence-electron chi connectivity index (χ3n) is 4.63. The largest absolute Gasteiger partial charge is 0.492 e. The topological polar surface area (TPSA) is 65.1 Å². The highest BCUT2D eigenvalue weighted by molar-refractivity contribution is 6.74. The summed E-state index contributed by atoms with van der Waals surface area (Å²) in [7, 11) is -2.16. The molecule has 0 unspecified atom stereocenters. The van der Waals surface area contributed by atoms with E-state index in [1.165, 1.54) is 0 Å². The fourth-order valence-electron chi connectivity index (χ4n) is 1.96. The number of rotatable bonds is 6. The zero-order chi connectivity index (χ0) is 19.7. The molecule has 1 aliphatic heterocycles. The molecule has 0 aromatic heterocycles. The molecule has 0 atom stereocenters. The van der Waals surface area contributed by atoms with Crippen LogP contribution in [0, 0.1) is 5.41 Å². The molecule has 0 bridgehead atoms. The van der Waals surface area contributed by atoms with E-state index in [-0.39, 0.29) is 31.3 Å². The number of hydroxylamine groups is 2. The summed E-state index contributed by atoms with van der Waals surface area (Å²) in [6.45, 7) is 11.5. The summed E-state index contributed by atoms with van der Waals surface area (Å²) in [5, 5.41) is 0.719. The van der Waals surface area contributed by atoms with Crippen molar-refractivity contribution in [3.05, 3.63) is 0 Å². The molecule has 10 heteroatoms. The van der Waals surface area contributed by atoms with E-state index < -0.39 is 31.8 Å². The number of nitrogens with zero attached hydrogens (tertiary/aromatic N) is 1. The van der Waals surface area contributed by atoms with Crippen LogP contribution in [0.25, 0.3) is 0 Å². The van der Waals surface area contributed by atoms with Crippen LogP contribution in [-0.2, 0) is 23.6 Å². The van der Waals surface area contributed by atoms with E-state index in [2.05, 4.69) is 4.84 Å². The van der Waals surface area contributed by atoms with E-state index in [4.69, 9.17) is 9.16 Å². The van der Waals surface area contributed by atoms with E-state index in [0.717, 1.165) is 5.06 Å². The highest BCUT2D eigenvalue weighted by Crippen LogP contribution is 2.40. The Morgan fingerprint density at radius 2 is 1.68 bits per heavy atom. The summed E-state index contributed by atoms with van der Waals surface area (Å²) < 4.78 is 47.9. The van der Waals surface area contributed by atoms with Crippen molar-refractivity contribution in [1.29, 1.82) is 0 Å². The lowest BCUT2D eigenvalue weighted by Crippen LogP contribution is -2.64. The molecule has 1 rings (SSSR count). The Morgan fingerprint density at radius 1 is 1.16 bits per heavy atom. The lowest BCUT2D eigenvalue weighted by atomic mass is 9.82. The minimum absolute atomic E-state index is 0.0163. The van der Waals surface area contributed by atoms with Gasteiger partial charge in [0.1, 0.15) is 5.41 Å². The van der Waals surface area contributed by atoms with Crippen LogP contribution < -0.4 is 0 Å². The Kier molecular flexibility index (Phi) is 6.34. The lowest BCUT2D eigenvalue weighted by molar-refractivity contribution is -0.275. The van der Waals surface area contributed by atoms with Crippen molar-refractivity contribution in [1.82, 2.24) is 5.06 Å². The first-order valence-corrected chi connectivity index (χ1v) is 10.9. The number of esters is 1. The van der Waals surface area contributed by atoms with Gasteiger partial charge in [0.05, 0.1) is 26.3 Å². The highest BCUT2D eigenvalue weighted by Gasteiger charge is 2.56. The zero-order valence-corrected chi connectivity index (χ0v) is 16.5. The number of ether oxygens (including phenoxy) is 1. The summed E-state index contributed by atoms with van der Waals surface area (Å²) in [5.74, 6) is -2.87. The number of alkyl halides is 3. The predicted molar refractivity (Wildman–Crippen MR) is 85.9 cm³/mol. The number of carbonyl (C=O) groups is 2. The van der Waals surface area contributed by atoms with E-state index in [0.29, 0.717) is 0 Å². The fourth-order valence-corrected chi connectivity index (χ4v) is 3.03. The van der Waals surface area contributed by atoms with Crippen molar-refractivity contribution in [2.75, 3.05) is 26.3 Å². The summed E-state index contributed by atoms with van der Waals surface area (Å²) >= 11 is 0. The fraction of sp³-hybridized carbons (Fsp3) is 0.867. The van der Waals surface area contributed by atoms with Gasteiger partial charge in [-0.25, -0.2) is 4.79 Å². The van der Waals surface area contributed by atoms with Crippen LogP contribution in [0.2, 0.25) is 18.1 Å². The molecule has 146 valence electrons. The van der Waals surface area contributed by atoms with E-state index in [1.54, 1.807) is 6.92 Å². The van der Waals surface area contributed by atoms with Gasteiger partial charge in [0.15, 0.2) is 8.32 Å². The van der Waals surface area contributed by atoms with E-state index in [1.807, 2.05) is 33.9 Å². The van der Waals surface area contributed by atoms with Gasteiger partial charge in [0.2, 0.25) is 0 Å². The number of halogens is 3. The maximum Gasteiger partial charge on any atom is 0.492 e. The van der Waals surface area contributed by atoms with Gasteiger partial charge in [-0.3, -0.25) is 4.79 Å². The second-order valence-corrected chi connectivity index (χ2v) is 12.5. The van der Waals surface area contributed by atoms with Gasteiger partial charge < -0.3 is 14.0 Å². The maximum absolute atomic E-state index is 12.3. The minimum atomic E-state index is -5.08. The molecule has 1 fully saturated rings. The molecular weight excluding hydrogens is 359 g/mol. The first kappa shape index (κ1) is 21.9. The van der Waals surface area contributed by atoms with Gasteiger partial charge in [-0.15, -0.1) is 5.06 Å². The SMILES string of the molecule is CCOC(=O)C1(CO[Si](C)(C)C(C)(C)C)CN(OC(=O)C(F)(F)F)C1. The molecule has 0 spiro atoms. The Hall–Kier alpha value is -1.13. The molecule has 25 heavy (non-hydrogen) atoms. The Bertz CT molecular complexity index is 510. The Balaban J connectivity index is 2.77. The van der Waals surface area contributed by atoms with Crippen LogP contribution in [0.3, 0.4) is 0 Å². The molecule has 0 aromatic rings. The van der Waals surface area contributed by atoms with Gasteiger partial charge in [-0.1, -0.05) is 20.8 Å². The van der Waals surface area contributed by atoms with Crippen molar-refractivity contribution in [2.45, 2.75) is 52.0 Å².